The summed E-state index contributed by atoms with van der Waals surface area (Å²) in [6.45, 7) is 2.10. The molecule has 0 fully saturated rings. The third-order valence-corrected chi connectivity index (χ3v) is 1.94. The number of benzene rings is 1. The normalized spacial score (nSPS) is 12.5. The van der Waals surface area contributed by atoms with E-state index in [0.29, 0.717) is 5.92 Å². The van der Waals surface area contributed by atoms with Crippen molar-refractivity contribution in [2.24, 2.45) is 0 Å². The minimum absolute atomic E-state index is 0.399. The molecule has 0 aliphatic heterocycles. The van der Waals surface area contributed by atoms with Crippen LogP contribution in [0.4, 0.5) is 0 Å². The van der Waals surface area contributed by atoms with Crippen molar-refractivity contribution in [3.63, 3.8) is 0 Å². The monoisotopic (exact) mass is 150 g/mol. The molecule has 1 aromatic carbocycles. The molecule has 52 valence electrons. The Morgan fingerprint density at radius 1 is 1.30 bits per heavy atom. The molecule has 0 saturated heterocycles. The average Bonchev–Trinajstić information content (AvgIpc) is 2.05. The first-order valence-electron chi connectivity index (χ1n) is 3.35. The Hall–Kier alpha value is -0.690. The van der Waals surface area contributed by atoms with Crippen LogP contribution < -0.4 is 0 Å². The van der Waals surface area contributed by atoms with Crippen LogP contribution in [-0.2, 0) is 0 Å². The van der Waals surface area contributed by atoms with E-state index in [1.54, 1.807) is 5.37 Å². The van der Waals surface area contributed by atoms with Crippen molar-refractivity contribution in [1.29, 1.82) is 0 Å². The predicted octanol–water partition coefficient (Wildman–Crippen LogP) is 2.79. The standard InChI is InChI=1S/C9H10S/c1-8(7-10)9-5-3-2-4-6-9/h2-8H,1H3. The van der Waals surface area contributed by atoms with Gasteiger partial charge >= 0.3 is 0 Å². The highest BCUT2D eigenvalue weighted by atomic mass is 32.1. The van der Waals surface area contributed by atoms with Crippen molar-refractivity contribution in [1.82, 2.24) is 0 Å². The van der Waals surface area contributed by atoms with Crippen LogP contribution in [0.2, 0.25) is 0 Å². The summed E-state index contributed by atoms with van der Waals surface area (Å²) >= 11 is 4.83. The molecular weight excluding hydrogens is 140 g/mol. The fourth-order valence-electron chi connectivity index (χ4n) is 0.835. The Morgan fingerprint density at radius 3 is 2.40 bits per heavy atom. The number of hydrogen-bond acceptors (Lipinski definition) is 1. The lowest BCUT2D eigenvalue weighted by Crippen LogP contribution is -1.90. The molecule has 0 spiro atoms. The maximum atomic E-state index is 4.83. The fourth-order valence-corrected chi connectivity index (χ4v) is 0.992. The summed E-state index contributed by atoms with van der Waals surface area (Å²) in [5.74, 6) is 0.399. The van der Waals surface area contributed by atoms with E-state index < -0.39 is 0 Å². The zero-order chi connectivity index (χ0) is 7.40. The average molecular weight is 150 g/mol. The first kappa shape index (κ1) is 7.42. The summed E-state index contributed by atoms with van der Waals surface area (Å²) in [6, 6.07) is 10.3. The molecule has 0 heterocycles. The molecule has 0 N–H and O–H groups in total. The molecule has 10 heavy (non-hydrogen) atoms. The number of thiocarbonyl (C=S) groups is 1. The fraction of sp³-hybridized carbons (Fsp3) is 0.222. The van der Waals surface area contributed by atoms with Gasteiger partial charge in [-0.3, -0.25) is 0 Å². The van der Waals surface area contributed by atoms with Crippen LogP contribution in [0.5, 0.6) is 0 Å². The first-order chi connectivity index (χ1) is 4.84. The van der Waals surface area contributed by atoms with Gasteiger partial charge in [-0.25, -0.2) is 0 Å². The maximum Gasteiger partial charge on any atom is 0.00944 e. The predicted molar refractivity (Wildman–Crippen MR) is 48.5 cm³/mol. The molecule has 0 radical (unpaired) electrons. The van der Waals surface area contributed by atoms with E-state index in [-0.39, 0.29) is 0 Å². The second-order valence-electron chi connectivity index (χ2n) is 2.34. The summed E-state index contributed by atoms with van der Waals surface area (Å²) in [7, 11) is 0. The smallest absolute Gasteiger partial charge is 0.00944 e. The minimum Gasteiger partial charge on any atom is -0.0928 e. The van der Waals surface area contributed by atoms with Crippen LogP contribution >= 0.6 is 12.2 Å². The van der Waals surface area contributed by atoms with E-state index in [2.05, 4.69) is 19.1 Å². The number of hydrogen-bond donors (Lipinski definition) is 0. The third kappa shape index (κ3) is 1.64. The molecule has 1 aromatic rings. The van der Waals surface area contributed by atoms with E-state index in [9.17, 15) is 0 Å². The molecule has 0 aliphatic carbocycles. The second kappa shape index (κ2) is 3.47. The molecule has 1 atom stereocenters. The van der Waals surface area contributed by atoms with Gasteiger partial charge in [-0.05, 0) is 10.9 Å². The van der Waals surface area contributed by atoms with Crippen LogP contribution in [0.15, 0.2) is 30.3 Å². The van der Waals surface area contributed by atoms with Crippen LogP contribution in [0.25, 0.3) is 0 Å². The van der Waals surface area contributed by atoms with Gasteiger partial charge in [-0.15, -0.1) is 0 Å². The molecular formula is C9H10S. The Labute approximate surface area is 66.9 Å². The SMILES string of the molecule is CC(C=S)c1ccccc1. The van der Waals surface area contributed by atoms with Crippen molar-refractivity contribution >= 4 is 17.6 Å². The Balaban J connectivity index is 2.84. The molecule has 0 bridgehead atoms. The van der Waals surface area contributed by atoms with Crippen molar-refractivity contribution < 1.29 is 0 Å². The Morgan fingerprint density at radius 2 is 1.90 bits per heavy atom. The van der Waals surface area contributed by atoms with Crippen LogP contribution in [0, 0.1) is 0 Å². The molecule has 0 amide bonds. The molecule has 0 nitrogen and oxygen atoms in total. The summed E-state index contributed by atoms with van der Waals surface area (Å²) < 4.78 is 0. The van der Waals surface area contributed by atoms with Crippen molar-refractivity contribution in [2.45, 2.75) is 12.8 Å². The molecule has 0 aliphatic rings. The molecule has 0 aromatic heterocycles. The highest BCUT2D eigenvalue weighted by molar-refractivity contribution is 7.79. The van der Waals surface area contributed by atoms with Crippen LogP contribution in [0.1, 0.15) is 18.4 Å². The van der Waals surface area contributed by atoms with Crippen molar-refractivity contribution in [3.05, 3.63) is 35.9 Å². The van der Waals surface area contributed by atoms with E-state index in [4.69, 9.17) is 12.2 Å². The van der Waals surface area contributed by atoms with Gasteiger partial charge in [-0.1, -0.05) is 49.5 Å². The largest absolute Gasteiger partial charge is 0.0928 e. The number of rotatable bonds is 2. The zero-order valence-electron chi connectivity index (χ0n) is 5.95. The van der Waals surface area contributed by atoms with E-state index in [1.165, 1.54) is 5.56 Å². The summed E-state index contributed by atoms with van der Waals surface area (Å²) in [5, 5.41) is 1.79. The topological polar surface area (TPSA) is 0 Å². The van der Waals surface area contributed by atoms with Gasteiger partial charge in [0.2, 0.25) is 0 Å². The molecule has 1 heteroatoms. The zero-order valence-corrected chi connectivity index (χ0v) is 6.77. The minimum atomic E-state index is 0.399. The summed E-state index contributed by atoms with van der Waals surface area (Å²) in [6.07, 6.45) is 0. The van der Waals surface area contributed by atoms with Gasteiger partial charge < -0.3 is 0 Å². The lowest BCUT2D eigenvalue weighted by Gasteiger charge is -2.02. The third-order valence-electron chi connectivity index (χ3n) is 1.53. The Bertz CT molecular complexity index is 203. The van der Waals surface area contributed by atoms with Gasteiger partial charge in [0.1, 0.15) is 0 Å². The van der Waals surface area contributed by atoms with Gasteiger partial charge in [0.15, 0.2) is 0 Å². The summed E-state index contributed by atoms with van der Waals surface area (Å²) in [5.41, 5.74) is 1.29. The lowest BCUT2D eigenvalue weighted by molar-refractivity contribution is 1.06. The van der Waals surface area contributed by atoms with Gasteiger partial charge in [-0.2, -0.15) is 0 Å². The Kier molecular flexibility index (Phi) is 2.57. The lowest BCUT2D eigenvalue weighted by atomic mass is 10.0. The first-order valence-corrected chi connectivity index (χ1v) is 3.82. The second-order valence-corrected chi connectivity index (χ2v) is 2.61. The van der Waals surface area contributed by atoms with Gasteiger partial charge in [0.05, 0.1) is 0 Å². The highest BCUT2D eigenvalue weighted by Crippen LogP contribution is 2.11. The van der Waals surface area contributed by atoms with Crippen LogP contribution in [0.3, 0.4) is 0 Å². The summed E-state index contributed by atoms with van der Waals surface area (Å²) in [4.78, 5) is 0. The van der Waals surface area contributed by atoms with E-state index in [0.717, 1.165) is 0 Å². The maximum absolute atomic E-state index is 4.83. The van der Waals surface area contributed by atoms with Gasteiger partial charge in [0.25, 0.3) is 0 Å². The molecule has 1 rings (SSSR count). The molecule has 1 unspecified atom stereocenters. The quantitative estimate of drug-likeness (QED) is 0.584. The highest BCUT2D eigenvalue weighted by Gasteiger charge is 1.97. The van der Waals surface area contributed by atoms with Crippen molar-refractivity contribution in [3.8, 4) is 0 Å². The van der Waals surface area contributed by atoms with Crippen LogP contribution in [-0.4, -0.2) is 5.37 Å². The van der Waals surface area contributed by atoms with E-state index >= 15 is 0 Å². The molecule has 0 saturated carbocycles. The van der Waals surface area contributed by atoms with Gasteiger partial charge in [0, 0.05) is 5.92 Å². The van der Waals surface area contributed by atoms with E-state index in [1.807, 2.05) is 18.2 Å². The van der Waals surface area contributed by atoms with Crippen molar-refractivity contribution in [2.75, 3.05) is 0 Å².